The number of hydrogen-bond donors (Lipinski definition) is 1. The first-order chi connectivity index (χ1) is 27.2. The van der Waals surface area contributed by atoms with Gasteiger partial charge in [0.1, 0.15) is 23.2 Å². The van der Waals surface area contributed by atoms with Crippen LogP contribution in [0.4, 0.5) is 0 Å². The van der Waals surface area contributed by atoms with E-state index in [0.29, 0.717) is 5.84 Å². The van der Waals surface area contributed by atoms with Crippen LogP contribution in [0, 0.1) is 0 Å². The highest BCUT2D eigenvalue weighted by molar-refractivity contribution is 7.25. The minimum Gasteiger partial charge on any atom is -0.456 e. The first-order valence-electron chi connectivity index (χ1n) is 18.5. The fraction of sp³-hybridized carbons (Fsp3) is 0.0204. The molecule has 0 saturated heterocycles. The SMILES string of the molecule is c1ccc(C2=NC(c3cc4c(cc3-n3c5ccccc5c5cc6ccccc6cc53)oc3ccccc34)NC(c3ccc4sc5ccccc5c4c3)=N2)cc1. The van der Waals surface area contributed by atoms with Crippen LogP contribution in [0.25, 0.3) is 80.4 Å². The minimum atomic E-state index is -0.470. The minimum absolute atomic E-state index is 0.470. The van der Waals surface area contributed by atoms with Crippen molar-refractivity contribution in [2.24, 2.45) is 9.98 Å². The molecule has 0 fully saturated rings. The monoisotopic (exact) mass is 722 g/mol. The zero-order chi connectivity index (χ0) is 36.0. The van der Waals surface area contributed by atoms with E-state index in [1.54, 1.807) is 0 Å². The summed E-state index contributed by atoms with van der Waals surface area (Å²) in [6, 6.07) is 60.3. The number of benzene rings is 8. The second-order valence-electron chi connectivity index (χ2n) is 14.2. The number of aromatic nitrogens is 1. The van der Waals surface area contributed by atoms with Gasteiger partial charge in [-0.25, -0.2) is 9.98 Å². The van der Waals surface area contributed by atoms with Gasteiger partial charge in [0.15, 0.2) is 5.84 Å². The van der Waals surface area contributed by atoms with Gasteiger partial charge in [0.2, 0.25) is 0 Å². The number of fused-ring (bicyclic) bond motifs is 10. The molecular weight excluding hydrogens is 693 g/mol. The van der Waals surface area contributed by atoms with Crippen molar-refractivity contribution in [2.45, 2.75) is 6.17 Å². The summed E-state index contributed by atoms with van der Waals surface area (Å²) in [6.07, 6.45) is -0.470. The largest absolute Gasteiger partial charge is 0.456 e. The summed E-state index contributed by atoms with van der Waals surface area (Å²) in [5.41, 5.74) is 7.95. The van der Waals surface area contributed by atoms with Crippen LogP contribution < -0.4 is 5.32 Å². The number of aliphatic imine (C=N–C) groups is 2. The highest BCUT2D eigenvalue weighted by Gasteiger charge is 2.27. The van der Waals surface area contributed by atoms with E-state index in [1.807, 2.05) is 41.7 Å². The topological polar surface area (TPSA) is 54.8 Å². The van der Waals surface area contributed by atoms with E-state index in [1.165, 1.54) is 41.7 Å². The summed E-state index contributed by atoms with van der Waals surface area (Å²) in [4.78, 5) is 10.7. The zero-order valence-corrected chi connectivity index (χ0v) is 30.2. The predicted molar refractivity (Wildman–Crippen MR) is 230 cm³/mol. The molecule has 0 radical (unpaired) electrons. The molecule has 11 aromatic rings. The number of nitrogens with one attached hydrogen (secondary N) is 1. The number of amidine groups is 2. The predicted octanol–water partition coefficient (Wildman–Crippen LogP) is 12.7. The van der Waals surface area contributed by atoms with Crippen LogP contribution in [0.1, 0.15) is 22.9 Å². The normalized spacial score (nSPS) is 14.7. The average Bonchev–Trinajstić information content (AvgIpc) is 3.91. The standard InChI is InChI=1S/C49H30N4OS/c1-2-12-29(13-3-1)47-50-48(32-22-23-46-38(25-32)35-18-8-11-21-45(35)55-46)52-49(51-47)39-27-37-34-17-7-10-20-43(34)54-44(37)28-42(39)53-40-19-9-6-16-33(40)36-24-30-14-4-5-15-31(30)26-41(36)53/h1-28,49H,(H,50,51,52). The molecule has 0 amide bonds. The van der Waals surface area contributed by atoms with Crippen molar-refractivity contribution in [1.29, 1.82) is 0 Å². The third-order valence-corrected chi connectivity index (χ3v) is 12.2. The maximum Gasteiger partial charge on any atom is 0.159 e. The summed E-state index contributed by atoms with van der Waals surface area (Å²) in [5, 5.41) is 13.3. The molecule has 0 bridgehead atoms. The smallest absolute Gasteiger partial charge is 0.159 e. The third-order valence-electron chi connectivity index (χ3n) is 11.0. The molecule has 258 valence electrons. The number of thiophene rings is 1. The average molecular weight is 723 g/mol. The molecule has 8 aromatic carbocycles. The van der Waals surface area contributed by atoms with Crippen molar-refractivity contribution in [2.75, 3.05) is 0 Å². The van der Waals surface area contributed by atoms with Gasteiger partial charge in [-0.1, -0.05) is 109 Å². The molecule has 0 saturated carbocycles. The number of furan rings is 1. The van der Waals surface area contributed by atoms with Gasteiger partial charge >= 0.3 is 0 Å². The molecular formula is C49H30N4OS. The Hall–Kier alpha value is -7.02. The number of para-hydroxylation sites is 2. The Morgan fingerprint density at radius 1 is 0.509 bits per heavy atom. The van der Waals surface area contributed by atoms with E-state index < -0.39 is 6.17 Å². The van der Waals surface area contributed by atoms with E-state index in [9.17, 15) is 0 Å². The summed E-state index contributed by atoms with van der Waals surface area (Å²) >= 11 is 1.82. The molecule has 4 heterocycles. The van der Waals surface area contributed by atoms with Crippen LogP contribution in [0.2, 0.25) is 0 Å². The van der Waals surface area contributed by atoms with Gasteiger partial charge in [-0.05, 0) is 65.4 Å². The van der Waals surface area contributed by atoms with Crippen LogP contribution in [-0.2, 0) is 0 Å². The van der Waals surface area contributed by atoms with E-state index >= 15 is 0 Å². The lowest BCUT2D eigenvalue weighted by atomic mass is 10.0. The molecule has 1 unspecified atom stereocenters. The van der Waals surface area contributed by atoms with Crippen LogP contribution in [0.15, 0.2) is 184 Å². The summed E-state index contributed by atoms with van der Waals surface area (Å²) < 4.78 is 11.5. The quantitative estimate of drug-likeness (QED) is 0.197. The van der Waals surface area contributed by atoms with E-state index in [-0.39, 0.29) is 0 Å². The Balaban J connectivity index is 1.14. The molecule has 0 spiro atoms. The Morgan fingerprint density at radius 2 is 1.24 bits per heavy atom. The van der Waals surface area contributed by atoms with Gasteiger partial charge in [-0.3, -0.25) is 0 Å². The molecule has 12 rings (SSSR count). The maximum atomic E-state index is 6.58. The number of hydrogen-bond acceptors (Lipinski definition) is 5. The lowest BCUT2D eigenvalue weighted by molar-refractivity contribution is 0.661. The Morgan fingerprint density at radius 3 is 2.13 bits per heavy atom. The highest BCUT2D eigenvalue weighted by Crippen LogP contribution is 2.41. The van der Waals surface area contributed by atoms with Crippen LogP contribution in [0.3, 0.4) is 0 Å². The molecule has 1 N–H and O–H groups in total. The lowest BCUT2D eigenvalue weighted by Crippen LogP contribution is -2.34. The molecule has 3 aromatic heterocycles. The van der Waals surface area contributed by atoms with E-state index in [4.69, 9.17) is 14.4 Å². The van der Waals surface area contributed by atoms with Crippen molar-refractivity contribution < 1.29 is 4.42 Å². The van der Waals surface area contributed by atoms with Crippen molar-refractivity contribution in [1.82, 2.24) is 9.88 Å². The number of rotatable bonds is 4. The van der Waals surface area contributed by atoms with E-state index in [2.05, 4.69) is 149 Å². The van der Waals surface area contributed by atoms with Crippen molar-refractivity contribution >= 4 is 97.7 Å². The number of nitrogens with zero attached hydrogens (tertiary/aromatic N) is 3. The fourth-order valence-corrected chi connectivity index (χ4v) is 9.54. The first kappa shape index (κ1) is 30.4. The van der Waals surface area contributed by atoms with Gasteiger partial charge in [0.25, 0.3) is 0 Å². The Kier molecular flexibility index (Phi) is 6.50. The zero-order valence-electron chi connectivity index (χ0n) is 29.4. The Labute approximate surface area is 319 Å². The van der Waals surface area contributed by atoms with Gasteiger partial charge in [-0.2, -0.15) is 0 Å². The first-order valence-corrected chi connectivity index (χ1v) is 19.3. The molecule has 0 aliphatic carbocycles. The van der Waals surface area contributed by atoms with Crippen LogP contribution >= 0.6 is 11.3 Å². The summed E-state index contributed by atoms with van der Waals surface area (Å²) in [6.45, 7) is 0. The molecule has 1 aliphatic rings. The summed E-state index contributed by atoms with van der Waals surface area (Å²) in [5.74, 6) is 1.47. The second-order valence-corrected chi connectivity index (χ2v) is 15.3. The Bertz CT molecular complexity index is 3420. The van der Waals surface area contributed by atoms with Crippen molar-refractivity contribution in [3.63, 3.8) is 0 Å². The van der Waals surface area contributed by atoms with Gasteiger partial charge in [0.05, 0.1) is 16.7 Å². The van der Waals surface area contributed by atoms with E-state index in [0.717, 1.165) is 61.2 Å². The molecule has 55 heavy (non-hydrogen) atoms. The van der Waals surface area contributed by atoms with Gasteiger partial charge in [0, 0.05) is 64.5 Å². The third kappa shape index (κ3) is 4.72. The highest BCUT2D eigenvalue weighted by atomic mass is 32.1. The van der Waals surface area contributed by atoms with Gasteiger partial charge in [-0.15, -0.1) is 11.3 Å². The molecule has 1 atom stereocenters. The molecule has 6 heteroatoms. The molecule has 1 aliphatic heterocycles. The maximum absolute atomic E-state index is 6.58. The van der Waals surface area contributed by atoms with Crippen LogP contribution in [0.5, 0.6) is 0 Å². The van der Waals surface area contributed by atoms with Crippen molar-refractivity contribution in [3.8, 4) is 5.69 Å². The second kappa shape index (κ2) is 11.7. The van der Waals surface area contributed by atoms with Crippen molar-refractivity contribution in [3.05, 3.63) is 187 Å². The molecule has 5 nitrogen and oxygen atoms in total. The van der Waals surface area contributed by atoms with Gasteiger partial charge < -0.3 is 14.3 Å². The summed E-state index contributed by atoms with van der Waals surface area (Å²) in [7, 11) is 0. The fourth-order valence-electron chi connectivity index (χ4n) is 8.45. The van der Waals surface area contributed by atoms with Crippen LogP contribution in [-0.4, -0.2) is 16.2 Å². The lowest BCUT2D eigenvalue weighted by Gasteiger charge is -2.26.